The van der Waals surface area contributed by atoms with Crippen LogP contribution in [0.5, 0.6) is 0 Å². The Labute approximate surface area is 135 Å². The van der Waals surface area contributed by atoms with Gasteiger partial charge in [0.15, 0.2) is 0 Å². The first-order chi connectivity index (χ1) is 9.56. The molecule has 0 N–H and O–H groups in total. The third kappa shape index (κ3) is 4.41. The number of hydrogen-bond acceptors (Lipinski definition) is 0. The molecule has 0 heterocycles. The Morgan fingerprint density at radius 2 is 1.15 bits per heavy atom. The third-order valence-corrected chi connectivity index (χ3v) is 4.12. The van der Waals surface area contributed by atoms with Crippen LogP contribution < -0.4 is 0 Å². The molecule has 106 valence electrons. The number of rotatable bonds is 5. The van der Waals surface area contributed by atoms with Gasteiger partial charge >= 0.3 is 0 Å². The topological polar surface area (TPSA) is 0 Å². The van der Waals surface area contributed by atoms with Crippen molar-refractivity contribution in [3.8, 4) is 0 Å². The summed E-state index contributed by atoms with van der Waals surface area (Å²) in [6.07, 6.45) is 1.98. The van der Waals surface area contributed by atoms with Gasteiger partial charge in [-0.2, -0.15) is 0 Å². The van der Waals surface area contributed by atoms with Crippen LogP contribution in [0.1, 0.15) is 36.8 Å². The van der Waals surface area contributed by atoms with E-state index < -0.39 is 0 Å². The first-order valence-corrected chi connectivity index (χ1v) is 7.90. The molecule has 0 aliphatic carbocycles. The van der Waals surface area contributed by atoms with E-state index in [0.29, 0.717) is 5.92 Å². The van der Waals surface area contributed by atoms with Crippen LogP contribution in [-0.2, 0) is 0 Å². The van der Waals surface area contributed by atoms with Gasteiger partial charge in [0.25, 0.3) is 0 Å². The molecule has 0 saturated heterocycles. The van der Waals surface area contributed by atoms with Gasteiger partial charge in [-0.15, -0.1) is 11.6 Å². The summed E-state index contributed by atoms with van der Waals surface area (Å²) in [5, 5.41) is 1.70. The van der Waals surface area contributed by atoms with Gasteiger partial charge in [-0.25, -0.2) is 0 Å². The van der Waals surface area contributed by atoms with E-state index in [1.807, 2.05) is 31.2 Å². The van der Waals surface area contributed by atoms with Crippen molar-refractivity contribution in [1.29, 1.82) is 0 Å². The van der Waals surface area contributed by atoms with Crippen molar-refractivity contribution in [2.75, 3.05) is 0 Å². The van der Waals surface area contributed by atoms with Gasteiger partial charge in [0, 0.05) is 21.3 Å². The van der Waals surface area contributed by atoms with Crippen LogP contribution >= 0.6 is 34.8 Å². The van der Waals surface area contributed by atoms with E-state index in [2.05, 4.69) is 24.3 Å². The summed E-state index contributed by atoms with van der Waals surface area (Å²) in [6, 6.07) is 16.1. The zero-order chi connectivity index (χ0) is 14.5. The van der Waals surface area contributed by atoms with Crippen molar-refractivity contribution in [3.05, 3.63) is 69.7 Å². The summed E-state index contributed by atoms with van der Waals surface area (Å²) in [5.41, 5.74) is 2.52. The molecule has 0 aliphatic rings. The quantitative estimate of drug-likeness (QED) is 0.547. The third-order valence-electron chi connectivity index (χ3n) is 3.40. The van der Waals surface area contributed by atoms with Crippen LogP contribution in [0.2, 0.25) is 10.0 Å². The van der Waals surface area contributed by atoms with Gasteiger partial charge < -0.3 is 0 Å². The molecule has 0 aromatic heterocycles. The lowest BCUT2D eigenvalue weighted by Gasteiger charge is -2.19. The highest BCUT2D eigenvalue weighted by Crippen LogP contribution is 2.31. The van der Waals surface area contributed by atoms with Gasteiger partial charge in [0.2, 0.25) is 0 Å². The molecule has 0 amide bonds. The van der Waals surface area contributed by atoms with Gasteiger partial charge in [0.1, 0.15) is 0 Å². The minimum Gasteiger partial charge on any atom is -0.123 e. The Hall–Kier alpha value is -0.690. The highest BCUT2D eigenvalue weighted by atomic mass is 35.5. The minimum atomic E-state index is 0.178. The van der Waals surface area contributed by atoms with E-state index in [9.17, 15) is 0 Å². The fraction of sp³-hybridized carbons (Fsp3) is 0.294. The lowest BCUT2D eigenvalue weighted by molar-refractivity contribution is 0.655. The number of alkyl halides is 1. The van der Waals surface area contributed by atoms with Crippen LogP contribution in [-0.4, -0.2) is 5.38 Å². The predicted molar refractivity (Wildman–Crippen MR) is 89.3 cm³/mol. The zero-order valence-electron chi connectivity index (χ0n) is 11.3. The van der Waals surface area contributed by atoms with E-state index >= 15 is 0 Å². The molecule has 0 fully saturated rings. The fourth-order valence-electron chi connectivity index (χ4n) is 2.31. The molecule has 0 radical (unpaired) electrons. The van der Waals surface area contributed by atoms with E-state index in [0.717, 1.165) is 22.9 Å². The second-order valence-corrected chi connectivity index (χ2v) is 6.63. The summed E-state index contributed by atoms with van der Waals surface area (Å²) in [6.45, 7) is 2.03. The number of benzene rings is 2. The molecule has 20 heavy (non-hydrogen) atoms. The van der Waals surface area contributed by atoms with E-state index in [1.54, 1.807) is 0 Å². The number of halogens is 3. The summed E-state index contributed by atoms with van der Waals surface area (Å²) < 4.78 is 0. The van der Waals surface area contributed by atoms with Crippen LogP contribution in [0.15, 0.2) is 48.5 Å². The van der Waals surface area contributed by atoms with Gasteiger partial charge in [0.05, 0.1) is 0 Å². The maximum atomic E-state index is 6.10. The Kier molecular flexibility index (Phi) is 5.77. The largest absolute Gasteiger partial charge is 0.123 e. The molecule has 1 unspecified atom stereocenters. The standard InChI is InChI=1S/C17H17Cl3/c1-12(18)2-11-17(13-3-7-15(19)8-4-13)14-5-9-16(20)10-6-14/h3-10,12,17H,2,11H2,1H3. The monoisotopic (exact) mass is 326 g/mol. The van der Waals surface area contributed by atoms with Gasteiger partial charge in [-0.3, -0.25) is 0 Å². The summed E-state index contributed by atoms with van der Waals surface area (Å²) in [4.78, 5) is 0. The summed E-state index contributed by atoms with van der Waals surface area (Å²) >= 11 is 18.0. The van der Waals surface area contributed by atoms with Crippen LogP contribution in [0.3, 0.4) is 0 Å². The van der Waals surface area contributed by atoms with Crippen LogP contribution in [0.25, 0.3) is 0 Å². The summed E-state index contributed by atoms with van der Waals surface area (Å²) in [5.74, 6) is 0.325. The molecular weight excluding hydrogens is 311 g/mol. The van der Waals surface area contributed by atoms with Gasteiger partial charge in [-0.05, 0) is 55.2 Å². The molecule has 0 bridgehead atoms. The molecule has 3 heteroatoms. The molecule has 0 nitrogen and oxygen atoms in total. The number of hydrogen-bond donors (Lipinski definition) is 0. The van der Waals surface area contributed by atoms with Crippen LogP contribution in [0, 0.1) is 0 Å². The SMILES string of the molecule is CC(Cl)CCC(c1ccc(Cl)cc1)c1ccc(Cl)cc1. The van der Waals surface area contributed by atoms with E-state index in [-0.39, 0.29) is 5.38 Å². The maximum Gasteiger partial charge on any atom is 0.0406 e. The van der Waals surface area contributed by atoms with Crippen molar-refractivity contribution >= 4 is 34.8 Å². The smallest absolute Gasteiger partial charge is 0.0406 e. The second-order valence-electron chi connectivity index (χ2n) is 5.01. The lowest BCUT2D eigenvalue weighted by Crippen LogP contribution is -2.04. The minimum absolute atomic E-state index is 0.178. The Balaban J connectivity index is 2.28. The van der Waals surface area contributed by atoms with Crippen molar-refractivity contribution in [3.63, 3.8) is 0 Å². The Morgan fingerprint density at radius 1 is 0.750 bits per heavy atom. The second kappa shape index (κ2) is 7.36. The molecule has 0 spiro atoms. The van der Waals surface area contributed by atoms with Gasteiger partial charge in [-0.1, -0.05) is 47.5 Å². The van der Waals surface area contributed by atoms with E-state index in [1.165, 1.54) is 11.1 Å². The maximum absolute atomic E-state index is 6.10. The molecule has 0 saturated carbocycles. The molecule has 2 aromatic rings. The molecule has 1 atom stereocenters. The normalized spacial score (nSPS) is 12.7. The first kappa shape index (κ1) is 15.7. The van der Waals surface area contributed by atoms with E-state index in [4.69, 9.17) is 34.8 Å². The molecule has 0 aliphatic heterocycles. The summed E-state index contributed by atoms with van der Waals surface area (Å²) in [7, 11) is 0. The highest BCUT2D eigenvalue weighted by Gasteiger charge is 2.15. The lowest BCUT2D eigenvalue weighted by atomic mass is 9.87. The van der Waals surface area contributed by atoms with Crippen molar-refractivity contribution < 1.29 is 0 Å². The van der Waals surface area contributed by atoms with Crippen LogP contribution in [0.4, 0.5) is 0 Å². The zero-order valence-corrected chi connectivity index (χ0v) is 13.6. The highest BCUT2D eigenvalue weighted by molar-refractivity contribution is 6.30. The first-order valence-electron chi connectivity index (χ1n) is 6.71. The van der Waals surface area contributed by atoms with Crippen molar-refractivity contribution in [1.82, 2.24) is 0 Å². The van der Waals surface area contributed by atoms with Crippen molar-refractivity contribution in [2.24, 2.45) is 0 Å². The average Bonchev–Trinajstić information content (AvgIpc) is 2.42. The Bertz CT molecular complexity index is 484. The fourth-order valence-corrected chi connectivity index (χ4v) is 2.69. The van der Waals surface area contributed by atoms with Crippen molar-refractivity contribution in [2.45, 2.75) is 31.1 Å². The Morgan fingerprint density at radius 3 is 1.50 bits per heavy atom. The molecule has 2 aromatic carbocycles. The predicted octanol–water partition coefficient (Wildman–Crippen LogP) is 6.53. The average molecular weight is 328 g/mol. The molecule has 2 rings (SSSR count). The molecular formula is C17H17Cl3.